The SMILES string of the molecule is OC1C=CC=C(c2ccccc2)C1. The molecule has 0 fully saturated rings. The normalized spacial score (nSPS) is 21.3. The van der Waals surface area contributed by atoms with E-state index < -0.39 is 0 Å². The molecule has 1 N–H and O–H groups in total. The van der Waals surface area contributed by atoms with Gasteiger partial charge in [-0.05, 0) is 11.1 Å². The second kappa shape index (κ2) is 3.58. The molecule has 0 spiro atoms. The Morgan fingerprint density at radius 2 is 1.92 bits per heavy atom. The summed E-state index contributed by atoms with van der Waals surface area (Å²) in [5, 5.41) is 9.41. The number of benzene rings is 1. The Balaban J connectivity index is 2.28. The van der Waals surface area contributed by atoms with Gasteiger partial charge in [0.2, 0.25) is 0 Å². The first-order chi connectivity index (χ1) is 6.36. The van der Waals surface area contributed by atoms with E-state index in [0.29, 0.717) is 0 Å². The van der Waals surface area contributed by atoms with Crippen molar-refractivity contribution in [2.45, 2.75) is 12.5 Å². The van der Waals surface area contributed by atoms with Gasteiger partial charge >= 0.3 is 0 Å². The number of rotatable bonds is 1. The summed E-state index contributed by atoms with van der Waals surface area (Å²) >= 11 is 0. The molecule has 1 aromatic rings. The third-order valence-corrected chi connectivity index (χ3v) is 2.20. The first kappa shape index (κ1) is 8.27. The molecule has 1 atom stereocenters. The summed E-state index contributed by atoms with van der Waals surface area (Å²) in [5.41, 5.74) is 2.40. The average Bonchev–Trinajstić information content (AvgIpc) is 2.19. The highest BCUT2D eigenvalue weighted by atomic mass is 16.3. The summed E-state index contributed by atoms with van der Waals surface area (Å²) in [7, 11) is 0. The van der Waals surface area contributed by atoms with E-state index >= 15 is 0 Å². The molecular formula is C12H12O. The van der Waals surface area contributed by atoms with E-state index in [1.807, 2.05) is 30.4 Å². The third kappa shape index (κ3) is 1.87. The second-order valence-corrected chi connectivity index (χ2v) is 3.21. The van der Waals surface area contributed by atoms with Crippen molar-refractivity contribution in [1.29, 1.82) is 0 Å². The van der Waals surface area contributed by atoms with Gasteiger partial charge in [0.1, 0.15) is 0 Å². The summed E-state index contributed by atoms with van der Waals surface area (Å²) < 4.78 is 0. The Kier molecular flexibility index (Phi) is 2.28. The molecule has 1 unspecified atom stereocenters. The van der Waals surface area contributed by atoms with Crippen molar-refractivity contribution in [3.63, 3.8) is 0 Å². The Morgan fingerprint density at radius 1 is 1.15 bits per heavy atom. The fourth-order valence-electron chi connectivity index (χ4n) is 1.53. The van der Waals surface area contributed by atoms with Crippen LogP contribution in [-0.4, -0.2) is 11.2 Å². The maximum absolute atomic E-state index is 9.41. The van der Waals surface area contributed by atoms with Gasteiger partial charge in [-0.3, -0.25) is 0 Å². The second-order valence-electron chi connectivity index (χ2n) is 3.21. The highest BCUT2D eigenvalue weighted by Gasteiger charge is 2.08. The van der Waals surface area contributed by atoms with Gasteiger partial charge in [0.05, 0.1) is 6.10 Å². The molecule has 0 bridgehead atoms. The molecule has 0 aliphatic heterocycles. The first-order valence-electron chi connectivity index (χ1n) is 4.47. The lowest BCUT2D eigenvalue weighted by Gasteiger charge is -2.13. The number of allylic oxidation sites excluding steroid dienone is 2. The van der Waals surface area contributed by atoms with Crippen LogP contribution in [-0.2, 0) is 0 Å². The Morgan fingerprint density at radius 3 is 2.62 bits per heavy atom. The zero-order valence-electron chi connectivity index (χ0n) is 7.35. The van der Waals surface area contributed by atoms with Gasteiger partial charge in [-0.15, -0.1) is 0 Å². The molecule has 66 valence electrons. The monoisotopic (exact) mass is 172 g/mol. The Bertz CT molecular complexity index is 335. The zero-order valence-corrected chi connectivity index (χ0v) is 7.35. The summed E-state index contributed by atoms with van der Waals surface area (Å²) in [4.78, 5) is 0. The van der Waals surface area contributed by atoms with Crippen molar-refractivity contribution >= 4 is 5.57 Å². The molecule has 0 saturated carbocycles. The Hall–Kier alpha value is -1.34. The molecular weight excluding hydrogens is 160 g/mol. The predicted octanol–water partition coefficient (Wildman–Crippen LogP) is 2.39. The van der Waals surface area contributed by atoms with Crippen LogP contribution >= 0.6 is 0 Å². The highest BCUT2D eigenvalue weighted by molar-refractivity contribution is 5.68. The maximum atomic E-state index is 9.41. The molecule has 0 saturated heterocycles. The van der Waals surface area contributed by atoms with E-state index in [2.05, 4.69) is 18.2 Å². The van der Waals surface area contributed by atoms with Crippen molar-refractivity contribution in [3.8, 4) is 0 Å². The number of aliphatic hydroxyl groups excluding tert-OH is 1. The molecule has 1 aromatic carbocycles. The van der Waals surface area contributed by atoms with E-state index in [1.165, 1.54) is 11.1 Å². The van der Waals surface area contributed by atoms with E-state index in [4.69, 9.17) is 0 Å². The quantitative estimate of drug-likeness (QED) is 0.689. The smallest absolute Gasteiger partial charge is 0.0764 e. The molecule has 0 aromatic heterocycles. The molecule has 0 amide bonds. The topological polar surface area (TPSA) is 20.2 Å². The van der Waals surface area contributed by atoms with Crippen molar-refractivity contribution in [2.24, 2.45) is 0 Å². The molecule has 1 aliphatic carbocycles. The number of hydrogen-bond acceptors (Lipinski definition) is 1. The summed E-state index contributed by atoms with van der Waals surface area (Å²) in [6, 6.07) is 10.2. The fraction of sp³-hybridized carbons (Fsp3) is 0.167. The van der Waals surface area contributed by atoms with Crippen LogP contribution in [0.4, 0.5) is 0 Å². The van der Waals surface area contributed by atoms with Gasteiger partial charge in [-0.1, -0.05) is 48.6 Å². The summed E-state index contributed by atoms with van der Waals surface area (Å²) in [6.45, 7) is 0. The minimum Gasteiger partial charge on any atom is -0.389 e. The van der Waals surface area contributed by atoms with Crippen molar-refractivity contribution in [3.05, 3.63) is 54.1 Å². The van der Waals surface area contributed by atoms with Gasteiger partial charge in [-0.2, -0.15) is 0 Å². The van der Waals surface area contributed by atoms with E-state index in [0.717, 1.165) is 6.42 Å². The van der Waals surface area contributed by atoms with Crippen molar-refractivity contribution in [2.75, 3.05) is 0 Å². The lowest BCUT2D eigenvalue weighted by atomic mass is 9.96. The van der Waals surface area contributed by atoms with Crippen molar-refractivity contribution in [1.82, 2.24) is 0 Å². The molecule has 0 heterocycles. The molecule has 1 aliphatic rings. The summed E-state index contributed by atoms with van der Waals surface area (Å²) in [6.07, 6.45) is 6.19. The minimum atomic E-state index is -0.319. The molecule has 13 heavy (non-hydrogen) atoms. The Labute approximate surface area is 78.0 Å². The van der Waals surface area contributed by atoms with E-state index in [-0.39, 0.29) is 6.10 Å². The van der Waals surface area contributed by atoms with Gasteiger partial charge in [0.25, 0.3) is 0 Å². The maximum Gasteiger partial charge on any atom is 0.0764 e. The van der Waals surface area contributed by atoms with Gasteiger partial charge in [-0.25, -0.2) is 0 Å². The van der Waals surface area contributed by atoms with Gasteiger partial charge in [0.15, 0.2) is 0 Å². The lowest BCUT2D eigenvalue weighted by molar-refractivity contribution is 0.228. The average molecular weight is 172 g/mol. The number of hydrogen-bond donors (Lipinski definition) is 1. The van der Waals surface area contributed by atoms with Crippen LogP contribution in [0.25, 0.3) is 5.57 Å². The van der Waals surface area contributed by atoms with Crippen LogP contribution < -0.4 is 0 Å². The van der Waals surface area contributed by atoms with Crippen LogP contribution in [0, 0.1) is 0 Å². The highest BCUT2D eigenvalue weighted by Crippen LogP contribution is 2.22. The molecule has 2 rings (SSSR count). The van der Waals surface area contributed by atoms with Crippen LogP contribution in [0.2, 0.25) is 0 Å². The third-order valence-electron chi connectivity index (χ3n) is 2.20. The van der Waals surface area contributed by atoms with E-state index in [9.17, 15) is 5.11 Å². The molecule has 1 nitrogen and oxygen atoms in total. The zero-order chi connectivity index (χ0) is 9.10. The lowest BCUT2D eigenvalue weighted by Crippen LogP contribution is -2.05. The fourth-order valence-corrected chi connectivity index (χ4v) is 1.53. The largest absolute Gasteiger partial charge is 0.389 e. The standard InChI is InChI=1S/C12H12O/c13-12-8-4-7-11(9-12)10-5-2-1-3-6-10/h1-8,12-13H,9H2. The van der Waals surface area contributed by atoms with E-state index in [1.54, 1.807) is 0 Å². The molecule has 1 heteroatoms. The van der Waals surface area contributed by atoms with Crippen LogP contribution in [0.1, 0.15) is 12.0 Å². The van der Waals surface area contributed by atoms with Crippen LogP contribution in [0.15, 0.2) is 48.6 Å². The molecule has 0 radical (unpaired) electrons. The van der Waals surface area contributed by atoms with Crippen molar-refractivity contribution < 1.29 is 5.11 Å². The van der Waals surface area contributed by atoms with Crippen LogP contribution in [0.3, 0.4) is 0 Å². The summed E-state index contributed by atoms with van der Waals surface area (Å²) in [5.74, 6) is 0. The first-order valence-corrected chi connectivity index (χ1v) is 4.47. The van der Waals surface area contributed by atoms with Crippen LogP contribution in [0.5, 0.6) is 0 Å². The number of aliphatic hydroxyl groups is 1. The van der Waals surface area contributed by atoms with Gasteiger partial charge < -0.3 is 5.11 Å². The predicted molar refractivity (Wildman–Crippen MR) is 54.2 cm³/mol. The minimum absolute atomic E-state index is 0.319. The van der Waals surface area contributed by atoms with Gasteiger partial charge in [0, 0.05) is 6.42 Å².